The summed E-state index contributed by atoms with van der Waals surface area (Å²) in [5.74, 6) is 1.75. The molecule has 162 valence electrons. The van der Waals surface area contributed by atoms with Gasteiger partial charge in [0.2, 0.25) is 10.0 Å². The Hall–Kier alpha value is -2.84. The maximum Gasteiger partial charge on any atom is 0.214 e. The Morgan fingerprint density at radius 1 is 1.06 bits per heavy atom. The number of hydrogen-bond donors (Lipinski definition) is 1. The van der Waals surface area contributed by atoms with Crippen LogP contribution in [0.1, 0.15) is 35.6 Å². The summed E-state index contributed by atoms with van der Waals surface area (Å²) in [6.07, 6.45) is 7.22. The van der Waals surface area contributed by atoms with Crippen molar-refractivity contribution < 1.29 is 8.42 Å². The number of aryl methyl sites for hydroxylation is 2. The summed E-state index contributed by atoms with van der Waals surface area (Å²) in [7, 11) is -3.26. The van der Waals surface area contributed by atoms with Crippen LogP contribution in [0.3, 0.4) is 0 Å². The molecule has 31 heavy (non-hydrogen) atoms. The highest BCUT2D eigenvalue weighted by molar-refractivity contribution is 7.89. The Labute approximate surface area is 183 Å². The zero-order valence-corrected chi connectivity index (χ0v) is 18.4. The number of aromatic nitrogens is 3. The Bertz CT molecular complexity index is 1110. The summed E-state index contributed by atoms with van der Waals surface area (Å²) in [5.41, 5.74) is 2.97. The van der Waals surface area contributed by atoms with Gasteiger partial charge >= 0.3 is 0 Å². The average Bonchev–Trinajstić information content (AvgIpc) is 2.80. The Morgan fingerprint density at radius 3 is 2.58 bits per heavy atom. The van der Waals surface area contributed by atoms with Gasteiger partial charge in [-0.05, 0) is 43.4 Å². The van der Waals surface area contributed by atoms with Crippen molar-refractivity contribution in [1.29, 1.82) is 0 Å². The highest BCUT2D eigenvalue weighted by atomic mass is 32.2. The summed E-state index contributed by atoms with van der Waals surface area (Å²) in [6.45, 7) is 3.02. The molecule has 0 atom stereocenters. The molecule has 3 aromatic rings. The minimum Gasteiger partial charge on any atom is -0.323 e. The fraction of sp³-hybridized carbons (Fsp3) is 0.348. The lowest BCUT2D eigenvalue weighted by molar-refractivity contribution is 0.316. The largest absolute Gasteiger partial charge is 0.323 e. The minimum absolute atomic E-state index is 0.143. The molecule has 2 aromatic heterocycles. The lowest BCUT2D eigenvalue weighted by atomic mass is 9.95. The average molecular weight is 438 g/mol. The van der Waals surface area contributed by atoms with Crippen LogP contribution in [0.15, 0.2) is 61.1 Å². The first-order chi connectivity index (χ1) is 15.0. The highest BCUT2D eigenvalue weighted by Crippen LogP contribution is 2.29. The zero-order chi connectivity index (χ0) is 21.7. The van der Waals surface area contributed by atoms with E-state index in [9.17, 15) is 8.42 Å². The molecule has 1 saturated heterocycles. The van der Waals surface area contributed by atoms with Gasteiger partial charge in [0.25, 0.3) is 0 Å². The number of piperidine rings is 1. The number of anilines is 2. The number of nitrogens with zero attached hydrogens (tertiary/aromatic N) is 4. The van der Waals surface area contributed by atoms with Gasteiger partial charge in [0.1, 0.15) is 11.6 Å². The fourth-order valence-electron chi connectivity index (χ4n) is 3.83. The number of benzene rings is 1. The van der Waals surface area contributed by atoms with Crippen LogP contribution >= 0.6 is 0 Å². The number of hydrogen-bond acceptors (Lipinski definition) is 6. The third-order valence-corrected chi connectivity index (χ3v) is 7.54. The SMILES string of the molecule is Cc1cccnc1Nc1cncc(C2CCN(S(=O)(=O)CCc3ccccc3)CC2)n1. The second-order valence-electron chi connectivity index (χ2n) is 7.85. The van der Waals surface area contributed by atoms with Crippen LogP contribution in [0, 0.1) is 6.92 Å². The fourth-order valence-corrected chi connectivity index (χ4v) is 5.35. The van der Waals surface area contributed by atoms with Crippen molar-refractivity contribution in [3.05, 3.63) is 77.9 Å². The standard InChI is InChI=1S/C23H27N5O2S/c1-18-6-5-12-25-23(18)27-22-17-24-16-21(26-22)20-9-13-28(14-10-20)31(29,30)15-11-19-7-3-2-4-8-19/h2-8,12,16-17,20H,9-11,13-15H2,1H3,(H,25,26,27). The number of nitrogens with one attached hydrogen (secondary N) is 1. The summed E-state index contributed by atoms with van der Waals surface area (Å²) in [4.78, 5) is 13.4. The van der Waals surface area contributed by atoms with Crippen molar-refractivity contribution in [2.75, 3.05) is 24.2 Å². The van der Waals surface area contributed by atoms with Gasteiger partial charge in [-0.25, -0.2) is 22.7 Å². The first-order valence-electron chi connectivity index (χ1n) is 10.5. The van der Waals surface area contributed by atoms with Crippen LogP contribution in [0.4, 0.5) is 11.6 Å². The van der Waals surface area contributed by atoms with Crippen LogP contribution in [-0.4, -0.2) is 46.5 Å². The topological polar surface area (TPSA) is 88.1 Å². The van der Waals surface area contributed by atoms with E-state index in [0.717, 1.165) is 35.5 Å². The number of rotatable bonds is 7. The Balaban J connectivity index is 1.36. The Morgan fingerprint density at radius 2 is 1.84 bits per heavy atom. The van der Waals surface area contributed by atoms with Gasteiger partial charge in [-0.15, -0.1) is 0 Å². The van der Waals surface area contributed by atoms with Crippen molar-refractivity contribution in [3.8, 4) is 0 Å². The van der Waals surface area contributed by atoms with E-state index in [0.29, 0.717) is 25.3 Å². The van der Waals surface area contributed by atoms with Crippen LogP contribution in [0.25, 0.3) is 0 Å². The van der Waals surface area contributed by atoms with E-state index in [1.54, 1.807) is 22.9 Å². The second-order valence-corrected chi connectivity index (χ2v) is 9.94. The van der Waals surface area contributed by atoms with E-state index in [4.69, 9.17) is 4.98 Å². The van der Waals surface area contributed by atoms with Crippen molar-refractivity contribution in [1.82, 2.24) is 19.3 Å². The van der Waals surface area contributed by atoms with Gasteiger partial charge in [0, 0.05) is 31.4 Å². The molecule has 0 spiro atoms. The lowest BCUT2D eigenvalue weighted by Gasteiger charge is -2.31. The monoisotopic (exact) mass is 437 g/mol. The molecule has 0 amide bonds. The van der Waals surface area contributed by atoms with Crippen molar-refractivity contribution in [2.45, 2.75) is 32.1 Å². The summed E-state index contributed by atoms with van der Waals surface area (Å²) >= 11 is 0. The van der Waals surface area contributed by atoms with Crippen molar-refractivity contribution >= 4 is 21.7 Å². The van der Waals surface area contributed by atoms with Gasteiger partial charge < -0.3 is 5.32 Å². The van der Waals surface area contributed by atoms with E-state index >= 15 is 0 Å². The Kier molecular flexibility index (Phi) is 6.58. The molecule has 0 unspecified atom stereocenters. The number of sulfonamides is 1. The van der Waals surface area contributed by atoms with E-state index in [-0.39, 0.29) is 11.7 Å². The van der Waals surface area contributed by atoms with E-state index in [1.807, 2.05) is 49.4 Å². The molecular weight excluding hydrogens is 410 g/mol. The molecule has 1 fully saturated rings. The van der Waals surface area contributed by atoms with E-state index in [2.05, 4.69) is 15.3 Å². The van der Waals surface area contributed by atoms with Crippen LogP contribution in [0.5, 0.6) is 0 Å². The second kappa shape index (κ2) is 9.53. The van der Waals surface area contributed by atoms with Gasteiger partial charge in [-0.2, -0.15) is 0 Å². The maximum atomic E-state index is 12.8. The molecule has 8 heteroatoms. The van der Waals surface area contributed by atoms with Gasteiger partial charge in [-0.1, -0.05) is 36.4 Å². The van der Waals surface area contributed by atoms with E-state index in [1.165, 1.54) is 0 Å². The molecule has 1 aliphatic rings. The third-order valence-electron chi connectivity index (χ3n) is 5.67. The first kappa shape index (κ1) is 21.4. The van der Waals surface area contributed by atoms with E-state index < -0.39 is 10.0 Å². The minimum atomic E-state index is -3.26. The molecule has 4 rings (SSSR count). The van der Waals surface area contributed by atoms with Crippen molar-refractivity contribution in [2.24, 2.45) is 0 Å². The molecule has 0 radical (unpaired) electrons. The summed E-state index contributed by atoms with van der Waals surface area (Å²) < 4.78 is 27.2. The molecular formula is C23H27N5O2S. The van der Waals surface area contributed by atoms with Gasteiger partial charge in [-0.3, -0.25) is 4.98 Å². The smallest absolute Gasteiger partial charge is 0.214 e. The predicted octanol–water partition coefficient (Wildman–Crippen LogP) is 3.68. The quantitative estimate of drug-likeness (QED) is 0.607. The normalized spacial score (nSPS) is 15.6. The summed E-state index contributed by atoms with van der Waals surface area (Å²) in [5, 5.41) is 3.23. The molecule has 1 N–H and O–H groups in total. The van der Waals surface area contributed by atoms with Crippen LogP contribution in [0.2, 0.25) is 0 Å². The first-order valence-corrected chi connectivity index (χ1v) is 12.1. The molecule has 1 aliphatic heterocycles. The summed E-state index contributed by atoms with van der Waals surface area (Å²) in [6, 6.07) is 13.6. The molecule has 7 nitrogen and oxygen atoms in total. The molecule has 1 aromatic carbocycles. The zero-order valence-electron chi connectivity index (χ0n) is 17.6. The van der Waals surface area contributed by atoms with Gasteiger partial charge in [0.15, 0.2) is 0 Å². The molecule has 0 saturated carbocycles. The van der Waals surface area contributed by atoms with Crippen LogP contribution < -0.4 is 5.32 Å². The maximum absolute atomic E-state index is 12.8. The molecule has 0 aliphatic carbocycles. The third kappa shape index (κ3) is 5.45. The van der Waals surface area contributed by atoms with Crippen LogP contribution in [-0.2, 0) is 16.4 Å². The highest BCUT2D eigenvalue weighted by Gasteiger charge is 2.29. The lowest BCUT2D eigenvalue weighted by Crippen LogP contribution is -2.39. The number of pyridine rings is 1. The van der Waals surface area contributed by atoms with Gasteiger partial charge in [0.05, 0.1) is 17.6 Å². The van der Waals surface area contributed by atoms with Crippen molar-refractivity contribution in [3.63, 3.8) is 0 Å². The predicted molar refractivity (Wildman–Crippen MR) is 122 cm³/mol. The molecule has 3 heterocycles. The molecule has 0 bridgehead atoms.